The standard InChI is InChI=1S/C10H12O3S/c1-13-10(12)9(11)7-14-8-5-3-2-4-6-8/h2-6,9,11H,7H2,1H3/t9-/m1/s1. The molecule has 0 spiro atoms. The van der Waals surface area contributed by atoms with Crippen LogP contribution in [0, 0.1) is 0 Å². The summed E-state index contributed by atoms with van der Waals surface area (Å²) in [7, 11) is 1.26. The maximum Gasteiger partial charge on any atom is 0.335 e. The molecule has 0 amide bonds. The van der Waals surface area contributed by atoms with Crippen LogP contribution in [0.15, 0.2) is 35.2 Å². The summed E-state index contributed by atoms with van der Waals surface area (Å²) in [4.78, 5) is 11.9. The average molecular weight is 212 g/mol. The molecular formula is C10H12O3S. The van der Waals surface area contributed by atoms with Crippen LogP contribution >= 0.6 is 11.8 Å². The van der Waals surface area contributed by atoms with E-state index in [2.05, 4.69) is 4.74 Å². The first-order valence-corrected chi connectivity index (χ1v) is 5.16. The summed E-state index contributed by atoms with van der Waals surface area (Å²) in [6.45, 7) is 0. The first-order chi connectivity index (χ1) is 6.74. The molecule has 1 N–H and O–H groups in total. The molecule has 0 heterocycles. The highest BCUT2D eigenvalue weighted by atomic mass is 32.2. The van der Waals surface area contributed by atoms with E-state index in [1.165, 1.54) is 18.9 Å². The molecule has 0 radical (unpaired) electrons. The number of aliphatic hydroxyl groups excluding tert-OH is 1. The van der Waals surface area contributed by atoms with Gasteiger partial charge in [-0.3, -0.25) is 0 Å². The third-order valence-electron chi connectivity index (χ3n) is 1.62. The van der Waals surface area contributed by atoms with Crippen molar-refractivity contribution in [2.45, 2.75) is 11.0 Å². The molecule has 0 saturated carbocycles. The fourth-order valence-corrected chi connectivity index (χ4v) is 1.73. The lowest BCUT2D eigenvalue weighted by atomic mass is 10.4. The second kappa shape index (κ2) is 5.67. The Labute approximate surface area is 87.1 Å². The Kier molecular flexibility index (Phi) is 4.49. The van der Waals surface area contributed by atoms with Crippen LogP contribution in [0.3, 0.4) is 0 Å². The van der Waals surface area contributed by atoms with E-state index in [1.807, 2.05) is 30.3 Å². The van der Waals surface area contributed by atoms with E-state index in [-0.39, 0.29) is 0 Å². The number of rotatable bonds is 4. The smallest absolute Gasteiger partial charge is 0.335 e. The number of hydrogen-bond donors (Lipinski definition) is 1. The van der Waals surface area contributed by atoms with Crippen LogP contribution < -0.4 is 0 Å². The molecule has 1 aromatic rings. The molecule has 0 unspecified atom stereocenters. The van der Waals surface area contributed by atoms with Crippen molar-refractivity contribution in [1.29, 1.82) is 0 Å². The fraction of sp³-hybridized carbons (Fsp3) is 0.300. The molecule has 0 aliphatic carbocycles. The van der Waals surface area contributed by atoms with E-state index in [1.54, 1.807) is 0 Å². The minimum absolute atomic E-state index is 0.316. The number of carbonyl (C=O) groups is 1. The summed E-state index contributed by atoms with van der Waals surface area (Å²) in [5.41, 5.74) is 0. The normalized spacial score (nSPS) is 12.1. The van der Waals surface area contributed by atoms with Crippen molar-refractivity contribution < 1.29 is 14.6 Å². The molecule has 1 rings (SSSR count). The highest BCUT2D eigenvalue weighted by Crippen LogP contribution is 2.17. The van der Waals surface area contributed by atoms with Gasteiger partial charge in [-0.2, -0.15) is 0 Å². The third kappa shape index (κ3) is 3.40. The van der Waals surface area contributed by atoms with Gasteiger partial charge in [0.1, 0.15) is 0 Å². The van der Waals surface area contributed by atoms with Gasteiger partial charge in [0.05, 0.1) is 7.11 Å². The lowest BCUT2D eigenvalue weighted by Gasteiger charge is -2.07. The van der Waals surface area contributed by atoms with Gasteiger partial charge >= 0.3 is 5.97 Å². The second-order valence-electron chi connectivity index (χ2n) is 2.66. The van der Waals surface area contributed by atoms with Gasteiger partial charge in [-0.25, -0.2) is 4.79 Å². The molecule has 76 valence electrons. The Hall–Kier alpha value is -1.00. The van der Waals surface area contributed by atoms with Gasteiger partial charge in [-0.1, -0.05) is 18.2 Å². The fourth-order valence-electron chi connectivity index (χ4n) is 0.896. The van der Waals surface area contributed by atoms with E-state index in [9.17, 15) is 9.90 Å². The summed E-state index contributed by atoms with van der Waals surface area (Å²) < 4.78 is 4.40. The van der Waals surface area contributed by atoms with Crippen LogP contribution in [-0.2, 0) is 9.53 Å². The monoisotopic (exact) mass is 212 g/mol. The zero-order chi connectivity index (χ0) is 10.4. The maximum atomic E-state index is 10.8. The molecule has 4 heteroatoms. The molecule has 0 bridgehead atoms. The predicted molar refractivity (Wildman–Crippen MR) is 55.2 cm³/mol. The lowest BCUT2D eigenvalue weighted by Crippen LogP contribution is -2.23. The number of aliphatic hydroxyl groups is 1. The second-order valence-corrected chi connectivity index (χ2v) is 3.76. The Bertz CT molecular complexity index is 287. The SMILES string of the molecule is COC(=O)[C@H](O)CSc1ccccc1. The third-order valence-corrected chi connectivity index (χ3v) is 2.71. The van der Waals surface area contributed by atoms with Crippen molar-refractivity contribution in [3.8, 4) is 0 Å². The molecule has 1 aromatic carbocycles. The van der Waals surface area contributed by atoms with Crippen LogP contribution in [0.5, 0.6) is 0 Å². The first-order valence-electron chi connectivity index (χ1n) is 4.18. The molecule has 0 aliphatic heterocycles. The summed E-state index contributed by atoms with van der Waals surface area (Å²) in [6, 6.07) is 9.59. The summed E-state index contributed by atoms with van der Waals surface area (Å²) in [6.07, 6.45) is -1.05. The Morgan fingerprint density at radius 3 is 2.71 bits per heavy atom. The van der Waals surface area contributed by atoms with Crippen molar-refractivity contribution in [3.05, 3.63) is 30.3 Å². The summed E-state index contributed by atoms with van der Waals surface area (Å²) in [5.74, 6) is -0.273. The van der Waals surface area contributed by atoms with Crippen molar-refractivity contribution >= 4 is 17.7 Å². The number of hydrogen-bond acceptors (Lipinski definition) is 4. The number of carbonyl (C=O) groups excluding carboxylic acids is 1. The van der Waals surface area contributed by atoms with Gasteiger partial charge in [0.15, 0.2) is 6.10 Å². The van der Waals surface area contributed by atoms with E-state index < -0.39 is 12.1 Å². The van der Waals surface area contributed by atoms with E-state index >= 15 is 0 Å². The van der Waals surface area contributed by atoms with Crippen LogP contribution in [0.4, 0.5) is 0 Å². The highest BCUT2D eigenvalue weighted by Gasteiger charge is 2.14. The quantitative estimate of drug-likeness (QED) is 0.604. The topological polar surface area (TPSA) is 46.5 Å². The maximum absolute atomic E-state index is 10.8. The van der Waals surface area contributed by atoms with Crippen molar-refractivity contribution in [3.63, 3.8) is 0 Å². The molecular weight excluding hydrogens is 200 g/mol. The molecule has 0 aliphatic rings. The minimum atomic E-state index is -1.05. The summed E-state index contributed by atoms with van der Waals surface area (Å²) in [5, 5.41) is 9.28. The number of esters is 1. The van der Waals surface area contributed by atoms with Crippen molar-refractivity contribution in [2.75, 3.05) is 12.9 Å². The number of methoxy groups -OCH3 is 1. The molecule has 0 fully saturated rings. The Morgan fingerprint density at radius 2 is 2.14 bits per heavy atom. The predicted octanol–water partition coefficient (Wildman–Crippen LogP) is 1.31. The molecule has 3 nitrogen and oxygen atoms in total. The van der Waals surface area contributed by atoms with Gasteiger partial charge in [0, 0.05) is 10.6 Å². The van der Waals surface area contributed by atoms with Gasteiger partial charge < -0.3 is 9.84 Å². The van der Waals surface area contributed by atoms with Gasteiger partial charge in [-0.15, -0.1) is 11.8 Å². The molecule has 0 aromatic heterocycles. The van der Waals surface area contributed by atoms with Crippen LogP contribution in [0.1, 0.15) is 0 Å². The minimum Gasteiger partial charge on any atom is -0.467 e. The molecule has 14 heavy (non-hydrogen) atoms. The Balaban J connectivity index is 2.38. The molecule has 0 saturated heterocycles. The average Bonchev–Trinajstić information content (AvgIpc) is 2.26. The first kappa shape index (κ1) is 11.1. The lowest BCUT2D eigenvalue weighted by molar-refractivity contribution is -0.149. The largest absolute Gasteiger partial charge is 0.467 e. The van der Waals surface area contributed by atoms with E-state index in [0.29, 0.717) is 5.75 Å². The molecule has 1 atom stereocenters. The van der Waals surface area contributed by atoms with Crippen molar-refractivity contribution in [2.24, 2.45) is 0 Å². The number of ether oxygens (including phenoxy) is 1. The van der Waals surface area contributed by atoms with E-state index in [0.717, 1.165) is 4.90 Å². The van der Waals surface area contributed by atoms with Crippen LogP contribution in [0.25, 0.3) is 0 Å². The zero-order valence-corrected chi connectivity index (χ0v) is 8.66. The van der Waals surface area contributed by atoms with Crippen molar-refractivity contribution in [1.82, 2.24) is 0 Å². The number of benzene rings is 1. The van der Waals surface area contributed by atoms with Crippen LogP contribution in [-0.4, -0.2) is 30.0 Å². The van der Waals surface area contributed by atoms with Gasteiger partial charge in [-0.05, 0) is 12.1 Å². The van der Waals surface area contributed by atoms with Gasteiger partial charge in [0.2, 0.25) is 0 Å². The summed E-state index contributed by atoms with van der Waals surface area (Å²) >= 11 is 1.42. The number of thioether (sulfide) groups is 1. The zero-order valence-electron chi connectivity index (χ0n) is 7.84. The highest BCUT2D eigenvalue weighted by molar-refractivity contribution is 7.99. The van der Waals surface area contributed by atoms with Crippen LogP contribution in [0.2, 0.25) is 0 Å². The van der Waals surface area contributed by atoms with Gasteiger partial charge in [0.25, 0.3) is 0 Å². The van der Waals surface area contributed by atoms with E-state index in [4.69, 9.17) is 0 Å². The Morgan fingerprint density at radius 1 is 1.50 bits per heavy atom.